The number of fused-ring (bicyclic) bond motifs is 1. The molecular formula is C15H20ClNO2S. The van der Waals surface area contributed by atoms with Gasteiger partial charge in [0.25, 0.3) is 0 Å². The monoisotopic (exact) mass is 313 g/mol. The standard InChI is InChI=1S/C15H20ClNO2S/c16-13-8-11(10-17-12-2-6-20-7-3-12)9-14-15(13)19-5-1-4-18-14/h8-9,12,17H,1-7,10H2. The Morgan fingerprint density at radius 3 is 2.85 bits per heavy atom. The van der Waals surface area contributed by atoms with Crippen molar-refractivity contribution in [1.82, 2.24) is 5.32 Å². The molecule has 1 fully saturated rings. The first-order valence-corrected chi connectivity index (χ1v) is 8.75. The molecule has 0 saturated carbocycles. The highest BCUT2D eigenvalue weighted by Crippen LogP contribution is 2.38. The van der Waals surface area contributed by atoms with Gasteiger partial charge in [-0.2, -0.15) is 11.8 Å². The van der Waals surface area contributed by atoms with E-state index in [1.165, 1.54) is 24.3 Å². The molecule has 0 bridgehead atoms. The normalized spacial score (nSPS) is 19.6. The molecule has 110 valence electrons. The fourth-order valence-corrected chi connectivity index (χ4v) is 3.94. The maximum atomic E-state index is 6.31. The van der Waals surface area contributed by atoms with Crippen molar-refractivity contribution < 1.29 is 9.47 Å². The van der Waals surface area contributed by atoms with E-state index in [9.17, 15) is 0 Å². The van der Waals surface area contributed by atoms with Crippen LogP contribution in [0.2, 0.25) is 5.02 Å². The zero-order valence-electron chi connectivity index (χ0n) is 11.5. The van der Waals surface area contributed by atoms with Crippen LogP contribution in [0.3, 0.4) is 0 Å². The number of ether oxygens (including phenoxy) is 2. The predicted octanol–water partition coefficient (Wildman–Crippen LogP) is 3.49. The van der Waals surface area contributed by atoms with E-state index in [1.54, 1.807) is 0 Å². The molecule has 0 aromatic heterocycles. The van der Waals surface area contributed by atoms with Crippen molar-refractivity contribution in [3.05, 3.63) is 22.7 Å². The quantitative estimate of drug-likeness (QED) is 0.925. The van der Waals surface area contributed by atoms with Crippen LogP contribution in [-0.2, 0) is 6.54 Å². The summed E-state index contributed by atoms with van der Waals surface area (Å²) in [5.74, 6) is 4.01. The van der Waals surface area contributed by atoms with Gasteiger partial charge in [-0.1, -0.05) is 11.6 Å². The minimum Gasteiger partial charge on any atom is -0.489 e. The molecule has 1 N–H and O–H groups in total. The number of benzene rings is 1. The number of hydrogen-bond donors (Lipinski definition) is 1. The van der Waals surface area contributed by atoms with Crippen LogP contribution in [0.1, 0.15) is 24.8 Å². The highest BCUT2D eigenvalue weighted by Gasteiger charge is 2.17. The molecule has 0 spiro atoms. The minimum atomic E-state index is 0.631. The van der Waals surface area contributed by atoms with Gasteiger partial charge in [-0.15, -0.1) is 0 Å². The van der Waals surface area contributed by atoms with Crippen molar-refractivity contribution in [3.8, 4) is 11.5 Å². The molecule has 3 rings (SSSR count). The van der Waals surface area contributed by atoms with Gasteiger partial charge in [0.15, 0.2) is 11.5 Å². The molecule has 0 unspecified atom stereocenters. The highest BCUT2D eigenvalue weighted by atomic mass is 35.5. The smallest absolute Gasteiger partial charge is 0.179 e. The van der Waals surface area contributed by atoms with Crippen molar-refractivity contribution in [2.45, 2.75) is 31.8 Å². The fraction of sp³-hybridized carbons (Fsp3) is 0.600. The van der Waals surface area contributed by atoms with Gasteiger partial charge < -0.3 is 14.8 Å². The Morgan fingerprint density at radius 2 is 2.00 bits per heavy atom. The van der Waals surface area contributed by atoms with Crippen LogP contribution in [-0.4, -0.2) is 30.8 Å². The number of halogens is 1. The summed E-state index contributed by atoms with van der Waals surface area (Å²) in [5, 5.41) is 4.27. The van der Waals surface area contributed by atoms with Crippen molar-refractivity contribution in [2.24, 2.45) is 0 Å². The molecule has 0 radical (unpaired) electrons. The van der Waals surface area contributed by atoms with Gasteiger partial charge in [-0.05, 0) is 42.0 Å². The third-order valence-electron chi connectivity index (χ3n) is 3.68. The van der Waals surface area contributed by atoms with Crippen LogP contribution < -0.4 is 14.8 Å². The molecule has 1 saturated heterocycles. The van der Waals surface area contributed by atoms with Crippen LogP contribution in [0, 0.1) is 0 Å². The van der Waals surface area contributed by atoms with Crippen molar-refractivity contribution in [3.63, 3.8) is 0 Å². The van der Waals surface area contributed by atoms with E-state index < -0.39 is 0 Å². The van der Waals surface area contributed by atoms with E-state index in [2.05, 4.69) is 11.4 Å². The number of nitrogens with one attached hydrogen (secondary N) is 1. The molecule has 3 nitrogen and oxygen atoms in total. The summed E-state index contributed by atoms with van der Waals surface area (Å²) < 4.78 is 11.4. The molecule has 20 heavy (non-hydrogen) atoms. The summed E-state index contributed by atoms with van der Waals surface area (Å²) in [6.07, 6.45) is 3.41. The van der Waals surface area contributed by atoms with Gasteiger partial charge in [0, 0.05) is 19.0 Å². The van der Waals surface area contributed by atoms with Crippen LogP contribution in [0.15, 0.2) is 12.1 Å². The molecule has 5 heteroatoms. The first-order chi connectivity index (χ1) is 9.83. The lowest BCUT2D eigenvalue weighted by Gasteiger charge is -2.23. The zero-order chi connectivity index (χ0) is 13.8. The van der Waals surface area contributed by atoms with Crippen molar-refractivity contribution >= 4 is 23.4 Å². The Hall–Kier alpha value is -0.580. The number of hydrogen-bond acceptors (Lipinski definition) is 4. The van der Waals surface area contributed by atoms with Crippen LogP contribution in [0.5, 0.6) is 11.5 Å². The largest absolute Gasteiger partial charge is 0.489 e. The third kappa shape index (κ3) is 3.54. The van der Waals surface area contributed by atoms with Crippen molar-refractivity contribution in [1.29, 1.82) is 0 Å². The predicted molar refractivity (Wildman–Crippen MR) is 84.2 cm³/mol. The third-order valence-corrected chi connectivity index (χ3v) is 5.01. The average Bonchev–Trinajstić information content (AvgIpc) is 2.72. The van der Waals surface area contributed by atoms with Crippen LogP contribution in [0.4, 0.5) is 0 Å². The SMILES string of the molecule is Clc1cc(CNC2CCSCC2)cc2c1OCCCO2. The Bertz CT molecular complexity index is 463. The molecule has 2 heterocycles. The second-order valence-corrected chi connectivity index (χ2v) is 6.85. The maximum absolute atomic E-state index is 6.31. The lowest BCUT2D eigenvalue weighted by molar-refractivity contribution is 0.297. The molecule has 0 aliphatic carbocycles. The Kier molecular flexibility index (Phi) is 4.97. The minimum absolute atomic E-state index is 0.631. The second-order valence-electron chi connectivity index (χ2n) is 5.22. The lowest BCUT2D eigenvalue weighted by atomic mass is 10.1. The summed E-state index contributed by atoms with van der Waals surface area (Å²) in [5.41, 5.74) is 1.16. The molecule has 1 aromatic rings. The van der Waals surface area contributed by atoms with Gasteiger partial charge in [-0.25, -0.2) is 0 Å². The molecule has 0 atom stereocenters. The summed E-state index contributed by atoms with van der Waals surface area (Å²) in [4.78, 5) is 0. The Labute approximate surface area is 129 Å². The molecular weight excluding hydrogens is 294 g/mol. The van der Waals surface area contributed by atoms with Gasteiger partial charge in [0.2, 0.25) is 0 Å². The first-order valence-electron chi connectivity index (χ1n) is 7.22. The Morgan fingerprint density at radius 1 is 1.20 bits per heavy atom. The topological polar surface area (TPSA) is 30.5 Å². The fourth-order valence-electron chi connectivity index (χ4n) is 2.55. The van der Waals surface area contributed by atoms with Crippen molar-refractivity contribution in [2.75, 3.05) is 24.7 Å². The van der Waals surface area contributed by atoms with E-state index in [-0.39, 0.29) is 0 Å². The van der Waals surface area contributed by atoms with Gasteiger partial charge in [0.05, 0.1) is 18.2 Å². The number of thioether (sulfide) groups is 1. The van der Waals surface area contributed by atoms with E-state index in [4.69, 9.17) is 21.1 Å². The van der Waals surface area contributed by atoms with E-state index >= 15 is 0 Å². The van der Waals surface area contributed by atoms with E-state index in [1.807, 2.05) is 17.8 Å². The molecule has 2 aliphatic rings. The maximum Gasteiger partial charge on any atom is 0.179 e. The Balaban J connectivity index is 1.67. The van der Waals surface area contributed by atoms with Gasteiger partial charge >= 0.3 is 0 Å². The van der Waals surface area contributed by atoms with Gasteiger partial charge in [-0.3, -0.25) is 0 Å². The number of rotatable bonds is 3. The highest BCUT2D eigenvalue weighted by molar-refractivity contribution is 7.99. The molecule has 1 aromatic carbocycles. The van der Waals surface area contributed by atoms with Gasteiger partial charge in [0.1, 0.15) is 0 Å². The second kappa shape index (κ2) is 6.92. The zero-order valence-corrected chi connectivity index (χ0v) is 13.1. The van der Waals surface area contributed by atoms with E-state index in [0.29, 0.717) is 30.0 Å². The van der Waals surface area contributed by atoms with E-state index in [0.717, 1.165) is 24.3 Å². The average molecular weight is 314 g/mol. The summed E-state index contributed by atoms with van der Waals surface area (Å²) in [7, 11) is 0. The van der Waals surface area contributed by atoms with Crippen LogP contribution in [0.25, 0.3) is 0 Å². The summed E-state index contributed by atoms with van der Waals surface area (Å²) >= 11 is 8.35. The molecule has 0 amide bonds. The summed E-state index contributed by atoms with van der Waals surface area (Å²) in [6.45, 7) is 2.20. The van der Waals surface area contributed by atoms with Crippen LogP contribution >= 0.6 is 23.4 Å². The summed E-state index contributed by atoms with van der Waals surface area (Å²) in [6, 6.07) is 4.67. The lowest BCUT2D eigenvalue weighted by Crippen LogP contribution is -2.32. The first kappa shape index (κ1) is 14.4. The molecule has 2 aliphatic heterocycles.